The number of hydrogen-bond acceptors (Lipinski definition) is 5. The number of nitrogens with one attached hydrogen (secondary N) is 2. The van der Waals surface area contributed by atoms with Gasteiger partial charge in [0.05, 0.1) is 23.2 Å². The number of rotatable bonds is 7. The molecule has 2 heterocycles. The van der Waals surface area contributed by atoms with E-state index in [1.54, 1.807) is 6.07 Å². The Morgan fingerprint density at radius 2 is 1.86 bits per heavy atom. The highest BCUT2D eigenvalue weighted by Gasteiger charge is 2.15. The summed E-state index contributed by atoms with van der Waals surface area (Å²) in [4.78, 5) is 32.2. The molecule has 0 bridgehead atoms. The van der Waals surface area contributed by atoms with Gasteiger partial charge in [0.15, 0.2) is 0 Å². The molecule has 3 rings (SSSR count). The highest BCUT2D eigenvalue weighted by atomic mass is 32.2. The molecule has 1 aromatic heterocycles. The van der Waals surface area contributed by atoms with Crippen LogP contribution in [0.2, 0.25) is 0 Å². The van der Waals surface area contributed by atoms with Crippen LogP contribution in [-0.4, -0.2) is 41.7 Å². The van der Waals surface area contributed by atoms with Gasteiger partial charge in [0.25, 0.3) is 5.91 Å². The van der Waals surface area contributed by atoms with Crippen molar-refractivity contribution in [3.8, 4) is 0 Å². The van der Waals surface area contributed by atoms with Crippen molar-refractivity contribution in [3.63, 3.8) is 0 Å². The largest absolute Gasteiger partial charge is 0.370 e. The monoisotopic (exact) mass is 412 g/mol. The zero-order valence-electron chi connectivity index (χ0n) is 17.0. The molecule has 0 saturated carbocycles. The number of thioether (sulfide) groups is 1. The third-order valence-electron chi connectivity index (χ3n) is 4.65. The van der Waals surface area contributed by atoms with Gasteiger partial charge in [-0.25, -0.2) is 4.98 Å². The molecule has 1 aliphatic heterocycles. The van der Waals surface area contributed by atoms with Gasteiger partial charge in [-0.15, -0.1) is 11.8 Å². The smallest absolute Gasteiger partial charge is 0.257 e. The fourth-order valence-corrected chi connectivity index (χ4v) is 4.13. The van der Waals surface area contributed by atoms with Crippen LogP contribution in [-0.2, 0) is 4.79 Å². The van der Waals surface area contributed by atoms with Crippen LogP contribution in [0, 0.1) is 0 Å². The van der Waals surface area contributed by atoms with Crippen molar-refractivity contribution in [3.05, 3.63) is 48.2 Å². The van der Waals surface area contributed by atoms with Crippen molar-refractivity contribution in [2.45, 2.75) is 44.0 Å². The van der Waals surface area contributed by atoms with E-state index in [4.69, 9.17) is 0 Å². The Balaban J connectivity index is 1.62. The van der Waals surface area contributed by atoms with Crippen LogP contribution in [0.25, 0.3) is 0 Å². The lowest BCUT2D eigenvalue weighted by molar-refractivity contribution is -0.119. The molecule has 0 radical (unpaired) electrons. The van der Waals surface area contributed by atoms with E-state index in [0.717, 1.165) is 23.7 Å². The number of carbonyl (C=O) groups is 2. The number of anilines is 2. The second-order valence-corrected chi connectivity index (χ2v) is 8.43. The van der Waals surface area contributed by atoms with Gasteiger partial charge < -0.3 is 15.5 Å². The minimum Gasteiger partial charge on any atom is -0.370 e. The van der Waals surface area contributed by atoms with Gasteiger partial charge in [-0.3, -0.25) is 9.59 Å². The molecule has 1 saturated heterocycles. The lowest BCUT2D eigenvalue weighted by Gasteiger charge is -2.28. The molecule has 2 N–H and O–H groups in total. The average Bonchev–Trinajstić information content (AvgIpc) is 2.73. The number of piperidine rings is 1. The van der Waals surface area contributed by atoms with Crippen molar-refractivity contribution >= 4 is 35.1 Å². The molecule has 0 atom stereocenters. The highest BCUT2D eigenvalue weighted by molar-refractivity contribution is 8.00. The van der Waals surface area contributed by atoms with E-state index in [9.17, 15) is 9.59 Å². The molecule has 6 nitrogen and oxygen atoms in total. The first kappa shape index (κ1) is 21.2. The van der Waals surface area contributed by atoms with Gasteiger partial charge >= 0.3 is 0 Å². The summed E-state index contributed by atoms with van der Waals surface area (Å²) in [7, 11) is 0. The number of amides is 2. The molecular formula is C22H28N4O2S. The molecule has 2 amide bonds. The van der Waals surface area contributed by atoms with E-state index >= 15 is 0 Å². The number of benzene rings is 1. The second-order valence-electron chi connectivity index (χ2n) is 7.41. The topological polar surface area (TPSA) is 74.3 Å². The first-order valence-electron chi connectivity index (χ1n) is 10.1. The van der Waals surface area contributed by atoms with Crippen molar-refractivity contribution in [1.82, 2.24) is 10.3 Å². The maximum absolute atomic E-state index is 12.8. The summed E-state index contributed by atoms with van der Waals surface area (Å²) in [5.74, 6) is 0.518. The fourth-order valence-electron chi connectivity index (χ4n) is 3.27. The molecule has 1 aliphatic rings. The zero-order valence-corrected chi connectivity index (χ0v) is 17.8. The summed E-state index contributed by atoms with van der Waals surface area (Å²) in [6.07, 6.45) is 5.52. The molecule has 0 aliphatic carbocycles. The molecule has 1 fully saturated rings. The Morgan fingerprint density at radius 3 is 2.55 bits per heavy atom. The Hall–Kier alpha value is -2.54. The molecular weight excluding hydrogens is 384 g/mol. The number of aromatic nitrogens is 1. The van der Waals surface area contributed by atoms with Crippen LogP contribution in [0.15, 0.2) is 47.5 Å². The normalized spacial score (nSPS) is 14.0. The number of hydrogen-bond donors (Lipinski definition) is 2. The summed E-state index contributed by atoms with van der Waals surface area (Å²) >= 11 is 1.36. The molecule has 7 heteroatoms. The standard InChI is InChI=1S/C22H28N4O2S/c1-16(2)24-21(27)15-29-19-9-5-4-8-18(19)22(28)25-20-11-10-17(14-23-20)26-12-6-3-7-13-26/h4-5,8-11,14,16H,3,6-7,12-13,15H2,1-2H3,(H,24,27)(H,23,25,28). The summed E-state index contributed by atoms with van der Waals surface area (Å²) in [5.41, 5.74) is 1.63. The Bertz CT molecular complexity index is 833. The van der Waals surface area contributed by atoms with E-state index in [0.29, 0.717) is 11.4 Å². The van der Waals surface area contributed by atoms with Crippen LogP contribution >= 0.6 is 11.8 Å². The molecule has 0 unspecified atom stereocenters. The average molecular weight is 413 g/mol. The fraction of sp³-hybridized carbons (Fsp3) is 0.409. The minimum atomic E-state index is -0.226. The summed E-state index contributed by atoms with van der Waals surface area (Å²) in [5, 5.41) is 5.73. The van der Waals surface area contributed by atoms with Crippen LogP contribution in [0.3, 0.4) is 0 Å². The number of nitrogens with zero attached hydrogens (tertiary/aromatic N) is 2. The molecule has 0 spiro atoms. The number of carbonyl (C=O) groups excluding carboxylic acids is 2. The predicted octanol–water partition coefficient (Wildman–Crippen LogP) is 3.94. The van der Waals surface area contributed by atoms with Gasteiger partial charge in [-0.1, -0.05) is 12.1 Å². The summed E-state index contributed by atoms with van der Waals surface area (Å²) < 4.78 is 0. The van der Waals surface area contributed by atoms with Crippen molar-refractivity contribution in [2.24, 2.45) is 0 Å². The quantitative estimate of drug-likeness (QED) is 0.674. The van der Waals surface area contributed by atoms with E-state index in [2.05, 4.69) is 20.5 Å². The van der Waals surface area contributed by atoms with E-state index in [-0.39, 0.29) is 23.6 Å². The number of pyridine rings is 1. The summed E-state index contributed by atoms with van der Waals surface area (Å²) in [6.45, 7) is 5.96. The van der Waals surface area contributed by atoms with Gasteiger partial charge in [0.1, 0.15) is 5.82 Å². The van der Waals surface area contributed by atoms with Crippen LogP contribution < -0.4 is 15.5 Å². The molecule has 2 aromatic rings. The first-order valence-corrected chi connectivity index (χ1v) is 11.0. The van der Waals surface area contributed by atoms with Gasteiger partial charge in [0, 0.05) is 24.0 Å². The van der Waals surface area contributed by atoms with Crippen molar-refractivity contribution < 1.29 is 9.59 Å². The zero-order chi connectivity index (χ0) is 20.6. The SMILES string of the molecule is CC(C)NC(=O)CSc1ccccc1C(=O)Nc1ccc(N2CCCCC2)cn1. The maximum Gasteiger partial charge on any atom is 0.257 e. The Kier molecular flexibility index (Phi) is 7.52. The second kappa shape index (κ2) is 10.3. The molecule has 1 aromatic carbocycles. The van der Waals surface area contributed by atoms with E-state index < -0.39 is 0 Å². The van der Waals surface area contributed by atoms with E-state index in [1.165, 1.54) is 31.0 Å². The lowest BCUT2D eigenvalue weighted by Crippen LogP contribution is -2.31. The molecule has 154 valence electrons. The third-order valence-corrected chi connectivity index (χ3v) is 5.72. The molecule has 29 heavy (non-hydrogen) atoms. The van der Waals surface area contributed by atoms with Gasteiger partial charge in [0.2, 0.25) is 5.91 Å². The van der Waals surface area contributed by atoms with Crippen molar-refractivity contribution in [1.29, 1.82) is 0 Å². The van der Waals surface area contributed by atoms with Crippen LogP contribution in [0.5, 0.6) is 0 Å². The minimum absolute atomic E-state index is 0.0461. The van der Waals surface area contributed by atoms with Crippen LogP contribution in [0.4, 0.5) is 11.5 Å². The van der Waals surface area contributed by atoms with Crippen LogP contribution in [0.1, 0.15) is 43.5 Å². The van der Waals surface area contributed by atoms with Gasteiger partial charge in [-0.05, 0) is 57.4 Å². The van der Waals surface area contributed by atoms with E-state index in [1.807, 2.05) is 50.4 Å². The third kappa shape index (κ3) is 6.22. The predicted molar refractivity (Wildman–Crippen MR) is 119 cm³/mol. The summed E-state index contributed by atoms with van der Waals surface area (Å²) in [6, 6.07) is 11.2. The van der Waals surface area contributed by atoms with Crippen molar-refractivity contribution in [2.75, 3.05) is 29.1 Å². The first-order chi connectivity index (χ1) is 14.0. The maximum atomic E-state index is 12.8. The highest BCUT2D eigenvalue weighted by Crippen LogP contribution is 2.24. The Labute approximate surface area is 176 Å². The Morgan fingerprint density at radius 1 is 1.10 bits per heavy atom. The lowest BCUT2D eigenvalue weighted by atomic mass is 10.1. The van der Waals surface area contributed by atoms with Gasteiger partial charge in [-0.2, -0.15) is 0 Å².